The molecule has 6 nitrogen and oxygen atoms in total. The van der Waals surface area contributed by atoms with Crippen LogP contribution in [0.1, 0.15) is 12.8 Å². The van der Waals surface area contributed by atoms with Crippen molar-refractivity contribution < 1.29 is 8.42 Å². The van der Waals surface area contributed by atoms with E-state index in [4.69, 9.17) is 0 Å². The van der Waals surface area contributed by atoms with Crippen LogP contribution >= 0.6 is 0 Å². The highest BCUT2D eigenvalue weighted by molar-refractivity contribution is 7.89. The molecule has 1 saturated heterocycles. The monoisotopic (exact) mass is 294 g/mol. The van der Waals surface area contributed by atoms with E-state index in [2.05, 4.69) is 15.3 Å². The third-order valence-corrected chi connectivity index (χ3v) is 5.55. The van der Waals surface area contributed by atoms with Gasteiger partial charge in [-0.2, -0.15) is 4.31 Å². The molecule has 0 unspecified atom stereocenters. The minimum Gasteiger partial charge on any atom is -0.328 e. The first-order valence-corrected chi connectivity index (χ1v) is 8.16. The number of imidazole rings is 1. The Kier molecular flexibility index (Phi) is 3.49. The van der Waals surface area contributed by atoms with Crippen LogP contribution in [0.5, 0.6) is 0 Å². The van der Waals surface area contributed by atoms with Gasteiger partial charge in [0.15, 0.2) is 0 Å². The van der Waals surface area contributed by atoms with E-state index in [0.717, 1.165) is 31.4 Å². The summed E-state index contributed by atoms with van der Waals surface area (Å²) in [7, 11) is -1.92. The zero-order valence-corrected chi connectivity index (χ0v) is 12.2. The summed E-state index contributed by atoms with van der Waals surface area (Å²) in [5, 5.41) is 3.26. The second kappa shape index (κ2) is 5.16. The van der Waals surface area contributed by atoms with Gasteiger partial charge < -0.3 is 10.3 Å². The van der Waals surface area contributed by atoms with E-state index in [-0.39, 0.29) is 11.2 Å². The first-order valence-electron chi connectivity index (χ1n) is 6.72. The summed E-state index contributed by atoms with van der Waals surface area (Å²) >= 11 is 0. The van der Waals surface area contributed by atoms with Crippen molar-refractivity contribution in [1.29, 1.82) is 0 Å². The number of rotatable bonds is 3. The zero-order valence-electron chi connectivity index (χ0n) is 11.3. The molecule has 1 aliphatic rings. The van der Waals surface area contributed by atoms with E-state index in [0.29, 0.717) is 5.52 Å². The van der Waals surface area contributed by atoms with Crippen LogP contribution in [0.25, 0.3) is 11.0 Å². The highest BCUT2D eigenvalue weighted by atomic mass is 32.2. The van der Waals surface area contributed by atoms with E-state index in [9.17, 15) is 8.42 Å². The number of benzene rings is 1. The third-order valence-electron chi connectivity index (χ3n) is 3.81. The second-order valence-corrected chi connectivity index (χ2v) is 6.97. The fourth-order valence-electron chi connectivity index (χ4n) is 2.55. The molecule has 0 spiro atoms. The van der Waals surface area contributed by atoms with Gasteiger partial charge in [0.25, 0.3) is 10.0 Å². The molecule has 108 valence electrons. The Morgan fingerprint density at radius 1 is 1.25 bits per heavy atom. The van der Waals surface area contributed by atoms with E-state index < -0.39 is 10.0 Å². The second-order valence-electron chi connectivity index (χ2n) is 5.06. The predicted molar refractivity (Wildman–Crippen MR) is 76.9 cm³/mol. The zero-order chi connectivity index (χ0) is 14.2. The Balaban J connectivity index is 1.93. The van der Waals surface area contributed by atoms with Crippen molar-refractivity contribution in [1.82, 2.24) is 19.6 Å². The number of hydrogen-bond acceptors (Lipinski definition) is 4. The van der Waals surface area contributed by atoms with Crippen LogP contribution in [0.15, 0.2) is 29.4 Å². The summed E-state index contributed by atoms with van der Waals surface area (Å²) < 4.78 is 26.7. The van der Waals surface area contributed by atoms with Crippen molar-refractivity contribution in [3.8, 4) is 0 Å². The SMILES string of the molecule is CN(C1CCNCC1)S(=O)(=O)c1nc2ccccc2[nH]1. The molecule has 0 atom stereocenters. The lowest BCUT2D eigenvalue weighted by molar-refractivity contribution is 0.295. The molecule has 3 rings (SSSR count). The van der Waals surface area contributed by atoms with Gasteiger partial charge in [-0.25, -0.2) is 13.4 Å². The number of nitrogens with zero attached hydrogens (tertiary/aromatic N) is 2. The number of fused-ring (bicyclic) bond motifs is 1. The minimum absolute atomic E-state index is 0.0275. The van der Waals surface area contributed by atoms with Gasteiger partial charge in [0.05, 0.1) is 11.0 Å². The molecule has 0 radical (unpaired) electrons. The maximum absolute atomic E-state index is 12.6. The number of H-pyrrole nitrogens is 1. The largest absolute Gasteiger partial charge is 0.328 e. The molecule has 0 aliphatic carbocycles. The lowest BCUT2D eigenvalue weighted by Gasteiger charge is -2.30. The maximum atomic E-state index is 12.6. The van der Waals surface area contributed by atoms with Crippen molar-refractivity contribution in [2.75, 3.05) is 20.1 Å². The van der Waals surface area contributed by atoms with Crippen LogP contribution in [-0.2, 0) is 10.0 Å². The summed E-state index contributed by atoms with van der Waals surface area (Å²) in [6.07, 6.45) is 1.66. The first-order chi connectivity index (χ1) is 9.59. The van der Waals surface area contributed by atoms with Gasteiger partial charge in [-0.3, -0.25) is 0 Å². The number of piperidine rings is 1. The molecule has 2 aromatic rings. The Labute approximate surface area is 118 Å². The summed E-state index contributed by atoms with van der Waals surface area (Å²) in [6.45, 7) is 1.70. The van der Waals surface area contributed by atoms with Gasteiger partial charge in [-0.05, 0) is 38.1 Å². The Hall–Kier alpha value is -1.44. The number of sulfonamides is 1. The van der Waals surface area contributed by atoms with Gasteiger partial charge in [0.2, 0.25) is 5.16 Å². The lowest BCUT2D eigenvalue weighted by Crippen LogP contribution is -2.44. The first kappa shape index (κ1) is 13.5. The predicted octanol–water partition coefficient (Wildman–Crippen LogP) is 0.935. The van der Waals surface area contributed by atoms with E-state index in [1.54, 1.807) is 13.1 Å². The minimum atomic E-state index is -3.56. The third kappa shape index (κ3) is 2.32. The Bertz CT molecular complexity index is 671. The fraction of sp³-hybridized carbons (Fsp3) is 0.462. The van der Waals surface area contributed by atoms with Crippen LogP contribution in [0.3, 0.4) is 0 Å². The molecular formula is C13H18N4O2S. The van der Waals surface area contributed by atoms with Crippen molar-refractivity contribution in [3.63, 3.8) is 0 Å². The molecule has 7 heteroatoms. The molecule has 1 aromatic heterocycles. The molecule has 0 saturated carbocycles. The van der Waals surface area contributed by atoms with Crippen LogP contribution in [0, 0.1) is 0 Å². The Morgan fingerprint density at radius 2 is 1.95 bits per heavy atom. The number of aromatic amines is 1. The average molecular weight is 294 g/mol. The van der Waals surface area contributed by atoms with Crippen LogP contribution in [0.2, 0.25) is 0 Å². The lowest BCUT2D eigenvalue weighted by atomic mass is 10.1. The normalized spacial score (nSPS) is 17.9. The van der Waals surface area contributed by atoms with E-state index >= 15 is 0 Å². The number of nitrogens with one attached hydrogen (secondary N) is 2. The van der Waals surface area contributed by atoms with Gasteiger partial charge in [0, 0.05) is 13.1 Å². The van der Waals surface area contributed by atoms with Gasteiger partial charge >= 0.3 is 0 Å². The molecule has 2 heterocycles. The topological polar surface area (TPSA) is 78.1 Å². The van der Waals surface area contributed by atoms with E-state index in [1.807, 2.05) is 18.2 Å². The van der Waals surface area contributed by atoms with Crippen molar-refractivity contribution in [2.24, 2.45) is 0 Å². The summed E-state index contributed by atoms with van der Waals surface area (Å²) in [6, 6.07) is 7.36. The number of aromatic nitrogens is 2. The van der Waals surface area contributed by atoms with Gasteiger partial charge in [-0.15, -0.1) is 0 Å². The quantitative estimate of drug-likeness (QED) is 0.883. The molecule has 1 fully saturated rings. The van der Waals surface area contributed by atoms with Crippen molar-refractivity contribution >= 4 is 21.1 Å². The molecular weight excluding hydrogens is 276 g/mol. The average Bonchev–Trinajstić information content (AvgIpc) is 2.92. The molecule has 0 amide bonds. The Morgan fingerprint density at radius 3 is 2.65 bits per heavy atom. The van der Waals surface area contributed by atoms with Crippen LogP contribution in [0.4, 0.5) is 0 Å². The number of para-hydroxylation sites is 2. The van der Waals surface area contributed by atoms with E-state index in [1.165, 1.54) is 4.31 Å². The summed E-state index contributed by atoms with van der Waals surface area (Å²) in [5.74, 6) is 0. The van der Waals surface area contributed by atoms with Gasteiger partial charge in [0.1, 0.15) is 0 Å². The highest BCUT2D eigenvalue weighted by Gasteiger charge is 2.31. The molecule has 1 aromatic carbocycles. The molecule has 1 aliphatic heterocycles. The highest BCUT2D eigenvalue weighted by Crippen LogP contribution is 2.21. The van der Waals surface area contributed by atoms with Gasteiger partial charge in [-0.1, -0.05) is 12.1 Å². The summed E-state index contributed by atoms with van der Waals surface area (Å²) in [4.78, 5) is 7.10. The standard InChI is InChI=1S/C13H18N4O2S/c1-17(10-6-8-14-9-7-10)20(18,19)13-15-11-4-2-3-5-12(11)16-13/h2-5,10,14H,6-9H2,1H3,(H,15,16). The maximum Gasteiger partial charge on any atom is 0.276 e. The smallest absolute Gasteiger partial charge is 0.276 e. The van der Waals surface area contributed by atoms with Crippen LogP contribution in [-0.4, -0.2) is 48.9 Å². The number of hydrogen-bond donors (Lipinski definition) is 2. The molecule has 0 bridgehead atoms. The fourth-order valence-corrected chi connectivity index (χ4v) is 3.88. The van der Waals surface area contributed by atoms with Crippen molar-refractivity contribution in [3.05, 3.63) is 24.3 Å². The molecule has 20 heavy (non-hydrogen) atoms. The van der Waals surface area contributed by atoms with Crippen molar-refractivity contribution in [2.45, 2.75) is 24.0 Å². The summed E-state index contributed by atoms with van der Waals surface area (Å²) in [5.41, 5.74) is 1.41. The van der Waals surface area contributed by atoms with Crippen LogP contribution < -0.4 is 5.32 Å². The molecule has 2 N–H and O–H groups in total.